The van der Waals surface area contributed by atoms with Crippen molar-refractivity contribution in [2.45, 2.75) is 36.6 Å². The maximum absolute atomic E-state index is 9.76. The summed E-state index contributed by atoms with van der Waals surface area (Å²) in [6, 6.07) is 0. The zero-order valence-corrected chi connectivity index (χ0v) is 10.4. The minimum atomic E-state index is -1.64. The lowest BCUT2D eigenvalue weighted by atomic mass is 10.1. The topological polar surface area (TPSA) is 196 Å². The molecule has 0 saturated heterocycles. The van der Waals surface area contributed by atoms with Gasteiger partial charge in [0.1, 0.15) is 36.6 Å². The van der Waals surface area contributed by atoms with E-state index < -0.39 is 49.8 Å². The molecule has 10 nitrogen and oxygen atoms in total. The summed E-state index contributed by atoms with van der Waals surface area (Å²) >= 11 is 0. The predicted molar refractivity (Wildman–Crippen MR) is 62.3 cm³/mol. The number of rotatable bonds is 8. The average Bonchev–Trinajstić information content (AvgIpc) is 2.50. The summed E-state index contributed by atoms with van der Waals surface area (Å²) in [6.07, 6.45) is -9.26. The number of aldehydes is 2. The molecule has 0 saturated carbocycles. The fourth-order valence-corrected chi connectivity index (χ4v) is 0.832. The third-order valence-electron chi connectivity index (χ3n) is 2.14. The number of hydrogen-bond donors (Lipinski definition) is 8. The molecule has 0 spiro atoms. The highest BCUT2D eigenvalue weighted by Gasteiger charge is 2.23. The summed E-state index contributed by atoms with van der Waals surface area (Å²) in [7, 11) is 0. The Morgan fingerprint density at radius 2 is 0.900 bits per heavy atom. The van der Waals surface area contributed by atoms with Crippen molar-refractivity contribution in [3.05, 3.63) is 0 Å². The van der Waals surface area contributed by atoms with E-state index in [2.05, 4.69) is 0 Å². The molecule has 0 radical (unpaired) electrons. The maximum atomic E-state index is 9.76. The van der Waals surface area contributed by atoms with Gasteiger partial charge >= 0.3 is 0 Å². The van der Waals surface area contributed by atoms with Crippen LogP contribution in [0.3, 0.4) is 0 Å². The smallest absolute Gasteiger partial charge is 0.151 e. The largest absolute Gasteiger partial charge is 0.394 e. The van der Waals surface area contributed by atoms with Gasteiger partial charge in [-0.15, -0.1) is 0 Å². The van der Waals surface area contributed by atoms with Crippen LogP contribution in [0.1, 0.15) is 0 Å². The molecule has 0 rings (SSSR count). The van der Waals surface area contributed by atoms with Crippen molar-refractivity contribution in [1.82, 2.24) is 0 Å². The lowest BCUT2D eigenvalue weighted by Crippen LogP contribution is -2.40. The molecular formula is C10H20O10. The Balaban J connectivity index is 0. The fourth-order valence-electron chi connectivity index (χ4n) is 0.832. The molecule has 0 aliphatic rings. The van der Waals surface area contributed by atoms with Crippen LogP contribution in [0, 0.1) is 0 Å². The van der Waals surface area contributed by atoms with Crippen LogP contribution in [0.4, 0.5) is 0 Å². The quantitative estimate of drug-likeness (QED) is 0.200. The van der Waals surface area contributed by atoms with Gasteiger partial charge in [0.05, 0.1) is 13.2 Å². The molecule has 10 heteroatoms. The lowest BCUT2D eigenvalue weighted by Gasteiger charge is -2.16. The van der Waals surface area contributed by atoms with Crippen LogP contribution in [0.2, 0.25) is 0 Å². The van der Waals surface area contributed by atoms with Gasteiger partial charge in [0.2, 0.25) is 0 Å². The van der Waals surface area contributed by atoms with Crippen molar-refractivity contribution in [3.8, 4) is 0 Å². The van der Waals surface area contributed by atoms with Crippen molar-refractivity contribution >= 4 is 12.6 Å². The van der Waals surface area contributed by atoms with Gasteiger partial charge < -0.3 is 50.4 Å². The van der Waals surface area contributed by atoms with Crippen LogP contribution in [0.15, 0.2) is 0 Å². The molecule has 0 aromatic heterocycles. The SMILES string of the molecule is O=C[C@@H](O)[C@H](O)[C@H](O)CO.O=C[C@H](O)[C@@H](O)[C@H](O)CO. The van der Waals surface area contributed by atoms with Crippen LogP contribution in [-0.4, -0.2) is 103 Å². The molecule has 0 bridgehead atoms. The number of hydrogen-bond acceptors (Lipinski definition) is 10. The molecule has 120 valence electrons. The number of aliphatic hydroxyl groups is 8. The van der Waals surface area contributed by atoms with Gasteiger partial charge in [-0.25, -0.2) is 0 Å². The number of aliphatic hydroxyl groups excluding tert-OH is 8. The van der Waals surface area contributed by atoms with E-state index in [4.69, 9.17) is 40.9 Å². The van der Waals surface area contributed by atoms with E-state index in [1.807, 2.05) is 0 Å². The molecule has 0 aromatic rings. The third kappa shape index (κ3) is 8.24. The van der Waals surface area contributed by atoms with Crippen molar-refractivity contribution in [1.29, 1.82) is 0 Å². The Bertz CT molecular complexity index is 234. The molecule has 0 aliphatic heterocycles. The second kappa shape index (κ2) is 11.8. The summed E-state index contributed by atoms with van der Waals surface area (Å²) in [5.41, 5.74) is 0. The first-order valence-electron chi connectivity index (χ1n) is 5.47. The normalized spacial score (nSPS) is 19.6. The van der Waals surface area contributed by atoms with Crippen LogP contribution in [-0.2, 0) is 9.59 Å². The van der Waals surface area contributed by atoms with Crippen molar-refractivity contribution in [2.24, 2.45) is 0 Å². The van der Waals surface area contributed by atoms with Gasteiger partial charge in [-0.05, 0) is 0 Å². The fraction of sp³-hybridized carbons (Fsp3) is 0.800. The van der Waals surface area contributed by atoms with E-state index in [-0.39, 0.29) is 12.6 Å². The van der Waals surface area contributed by atoms with Gasteiger partial charge in [-0.2, -0.15) is 0 Å². The first-order chi connectivity index (χ1) is 9.26. The summed E-state index contributed by atoms with van der Waals surface area (Å²) in [6.45, 7) is -1.38. The molecule has 6 atom stereocenters. The number of carbonyl (C=O) groups excluding carboxylic acids is 2. The third-order valence-corrected chi connectivity index (χ3v) is 2.14. The van der Waals surface area contributed by atoms with Gasteiger partial charge in [0.15, 0.2) is 12.6 Å². The Kier molecular flexibility index (Phi) is 12.6. The highest BCUT2D eigenvalue weighted by atomic mass is 16.4. The molecule has 0 unspecified atom stereocenters. The molecule has 0 heterocycles. The minimum absolute atomic E-state index is 0.0869. The van der Waals surface area contributed by atoms with E-state index >= 15 is 0 Å². The maximum Gasteiger partial charge on any atom is 0.151 e. The standard InChI is InChI=1S/2C5H10O5/c2*6-1-3(8)5(10)4(9)2-7/h2*1,3-5,7-10H,2H2/t3-,4+,5+;3-,4-,5+/m01/s1. The van der Waals surface area contributed by atoms with E-state index in [1.165, 1.54) is 0 Å². The summed E-state index contributed by atoms with van der Waals surface area (Å²) < 4.78 is 0. The van der Waals surface area contributed by atoms with E-state index in [0.717, 1.165) is 0 Å². The Hall–Kier alpha value is -0.980. The van der Waals surface area contributed by atoms with Crippen molar-refractivity contribution in [3.63, 3.8) is 0 Å². The van der Waals surface area contributed by atoms with Gasteiger partial charge in [-0.3, -0.25) is 0 Å². The highest BCUT2D eigenvalue weighted by Crippen LogP contribution is 1.97. The Morgan fingerprint density at radius 3 is 1.05 bits per heavy atom. The second-order valence-electron chi connectivity index (χ2n) is 3.73. The van der Waals surface area contributed by atoms with E-state index in [0.29, 0.717) is 0 Å². The molecular weight excluding hydrogens is 280 g/mol. The van der Waals surface area contributed by atoms with Crippen LogP contribution >= 0.6 is 0 Å². The molecule has 8 N–H and O–H groups in total. The number of carbonyl (C=O) groups is 2. The summed E-state index contributed by atoms with van der Waals surface area (Å²) in [4.78, 5) is 19.5. The first-order valence-corrected chi connectivity index (χ1v) is 5.47. The van der Waals surface area contributed by atoms with E-state index in [9.17, 15) is 9.59 Å². The van der Waals surface area contributed by atoms with Gasteiger partial charge in [-0.1, -0.05) is 0 Å². The predicted octanol–water partition coefficient (Wildman–Crippen LogP) is -5.48. The average molecular weight is 300 g/mol. The monoisotopic (exact) mass is 300 g/mol. The molecule has 0 aromatic carbocycles. The second-order valence-corrected chi connectivity index (χ2v) is 3.73. The van der Waals surface area contributed by atoms with Gasteiger partial charge in [0, 0.05) is 0 Å². The van der Waals surface area contributed by atoms with Crippen LogP contribution in [0.25, 0.3) is 0 Å². The summed E-state index contributed by atoms with van der Waals surface area (Å²) in [5, 5.41) is 68.1. The van der Waals surface area contributed by atoms with Crippen LogP contribution < -0.4 is 0 Å². The summed E-state index contributed by atoms with van der Waals surface area (Å²) in [5.74, 6) is 0. The molecule has 0 fully saturated rings. The zero-order chi connectivity index (χ0) is 16.3. The van der Waals surface area contributed by atoms with Crippen LogP contribution in [0.5, 0.6) is 0 Å². The van der Waals surface area contributed by atoms with Crippen molar-refractivity contribution < 1.29 is 50.4 Å². The van der Waals surface area contributed by atoms with Gasteiger partial charge in [0.25, 0.3) is 0 Å². The lowest BCUT2D eigenvalue weighted by molar-refractivity contribution is -0.128. The molecule has 20 heavy (non-hydrogen) atoms. The van der Waals surface area contributed by atoms with Crippen molar-refractivity contribution in [2.75, 3.05) is 13.2 Å². The Morgan fingerprint density at radius 1 is 0.650 bits per heavy atom. The molecule has 0 aliphatic carbocycles. The first kappa shape index (κ1) is 21.3. The minimum Gasteiger partial charge on any atom is -0.394 e. The molecule has 0 amide bonds. The zero-order valence-electron chi connectivity index (χ0n) is 10.4. The van der Waals surface area contributed by atoms with E-state index in [1.54, 1.807) is 0 Å². The highest BCUT2D eigenvalue weighted by molar-refractivity contribution is 5.57. The Labute approximate surface area is 114 Å².